The second kappa shape index (κ2) is 6.40. The number of carbonyl (C=O) groups is 3. The summed E-state index contributed by atoms with van der Waals surface area (Å²) in [6.45, 7) is 3.19. The van der Waals surface area contributed by atoms with Crippen molar-refractivity contribution in [1.82, 2.24) is 0 Å². The number of hydrogen-bond acceptors (Lipinski definition) is 8. The first kappa shape index (κ1) is 19.8. The zero-order valence-corrected chi connectivity index (χ0v) is 17.1. The minimum Gasteiger partial charge on any atom is -0.472 e. The molecule has 1 aromatic rings. The van der Waals surface area contributed by atoms with Crippen molar-refractivity contribution in [3.63, 3.8) is 0 Å². The lowest BCUT2D eigenvalue weighted by Crippen LogP contribution is -2.70. The Morgan fingerprint density at radius 2 is 2.13 bits per heavy atom. The third kappa shape index (κ3) is 2.32. The number of esters is 2. The van der Waals surface area contributed by atoms with Gasteiger partial charge in [0.05, 0.1) is 24.5 Å². The Bertz CT molecular complexity index is 887. The van der Waals surface area contributed by atoms with Crippen LogP contribution in [0, 0.1) is 22.7 Å². The Hall–Kier alpha value is -2.19. The Labute approximate surface area is 173 Å². The topological polar surface area (TPSA) is 116 Å². The van der Waals surface area contributed by atoms with Crippen LogP contribution in [-0.4, -0.2) is 47.7 Å². The molecule has 2 aliphatic carbocycles. The average molecular weight is 418 g/mol. The fourth-order valence-electron chi connectivity index (χ4n) is 6.54. The van der Waals surface area contributed by atoms with E-state index in [9.17, 15) is 19.5 Å². The lowest BCUT2D eigenvalue weighted by molar-refractivity contribution is -0.203. The van der Waals surface area contributed by atoms with Crippen LogP contribution in [0.4, 0.5) is 0 Å². The van der Waals surface area contributed by atoms with Crippen LogP contribution >= 0.6 is 0 Å². The number of rotatable bonds is 3. The highest BCUT2D eigenvalue weighted by Crippen LogP contribution is 2.69. The first-order chi connectivity index (χ1) is 14.3. The molecule has 7 atom stereocenters. The predicted octanol–water partition coefficient (Wildman–Crippen LogP) is 1.95. The third-order valence-corrected chi connectivity index (χ3v) is 8.16. The first-order valence-corrected chi connectivity index (χ1v) is 10.5. The summed E-state index contributed by atoms with van der Waals surface area (Å²) in [5.41, 5.74) is -2.38. The van der Waals surface area contributed by atoms with E-state index in [1.54, 1.807) is 19.3 Å². The standard InChI is InChI=1S/C22H26O8/c1-12-17(24)18(25)22(11-28-13(2)23)16(4-3-6-20(22)10-29-20)21(12)8-15(30-19(21)26)14-5-7-27-9-14/h5,7,9,12,15-17,24H,3-4,6,8,10-11H2,1-2H3/t12?,15-,16+,17-,20-,21+,22?/m0/s1. The summed E-state index contributed by atoms with van der Waals surface area (Å²) in [4.78, 5) is 38.8. The molecule has 2 spiro atoms. The van der Waals surface area contributed by atoms with E-state index < -0.39 is 52.4 Å². The van der Waals surface area contributed by atoms with Crippen molar-refractivity contribution in [3.8, 4) is 0 Å². The van der Waals surface area contributed by atoms with Gasteiger partial charge in [0, 0.05) is 24.8 Å². The van der Waals surface area contributed by atoms with Crippen LogP contribution in [0.1, 0.15) is 51.2 Å². The number of aliphatic hydroxyl groups is 1. The monoisotopic (exact) mass is 418 g/mol. The van der Waals surface area contributed by atoms with Crippen molar-refractivity contribution in [1.29, 1.82) is 0 Å². The van der Waals surface area contributed by atoms with Crippen LogP contribution in [0.3, 0.4) is 0 Å². The molecule has 2 saturated carbocycles. The van der Waals surface area contributed by atoms with E-state index in [0.29, 0.717) is 25.9 Å². The van der Waals surface area contributed by atoms with Gasteiger partial charge in [0.1, 0.15) is 29.8 Å². The molecule has 8 nitrogen and oxygen atoms in total. The highest BCUT2D eigenvalue weighted by molar-refractivity contribution is 5.96. The van der Waals surface area contributed by atoms with Gasteiger partial charge in [0.15, 0.2) is 5.78 Å². The van der Waals surface area contributed by atoms with Crippen molar-refractivity contribution in [2.75, 3.05) is 13.2 Å². The molecule has 5 rings (SSSR count). The molecule has 0 aromatic carbocycles. The molecule has 4 aliphatic rings. The fraction of sp³-hybridized carbons (Fsp3) is 0.682. The van der Waals surface area contributed by atoms with Gasteiger partial charge in [-0.1, -0.05) is 13.3 Å². The number of fused-ring (bicyclic) bond motifs is 3. The summed E-state index contributed by atoms with van der Waals surface area (Å²) in [7, 11) is 0. The van der Waals surface area contributed by atoms with E-state index in [4.69, 9.17) is 18.6 Å². The van der Waals surface area contributed by atoms with Gasteiger partial charge < -0.3 is 23.7 Å². The van der Waals surface area contributed by atoms with E-state index in [1.807, 2.05) is 0 Å². The summed E-state index contributed by atoms with van der Waals surface area (Å²) in [5.74, 6) is -2.38. The van der Waals surface area contributed by atoms with Gasteiger partial charge in [-0.3, -0.25) is 14.4 Å². The van der Waals surface area contributed by atoms with Crippen LogP contribution in [0.15, 0.2) is 23.0 Å². The summed E-state index contributed by atoms with van der Waals surface area (Å²) < 4.78 is 22.2. The maximum atomic E-state index is 13.6. The van der Waals surface area contributed by atoms with E-state index in [2.05, 4.69) is 0 Å². The highest BCUT2D eigenvalue weighted by Gasteiger charge is 2.79. The van der Waals surface area contributed by atoms with Gasteiger partial charge in [-0.15, -0.1) is 0 Å². The molecular formula is C22H26O8. The van der Waals surface area contributed by atoms with Crippen LogP contribution in [0.25, 0.3) is 0 Å². The zero-order valence-electron chi connectivity index (χ0n) is 17.1. The molecule has 0 amide bonds. The average Bonchev–Trinajstić information content (AvgIpc) is 3.15. The molecule has 162 valence electrons. The van der Waals surface area contributed by atoms with E-state index in [1.165, 1.54) is 13.2 Å². The summed E-state index contributed by atoms with van der Waals surface area (Å²) in [6, 6.07) is 1.75. The minimum absolute atomic E-state index is 0.193. The molecule has 2 unspecified atom stereocenters. The molecular weight excluding hydrogens is 392 g/mol. The van der Waals surface area contributed by atoms with Crippen molar-refractivity contribution in [3.05, 3.63) is 24.2 Å². The first-order valence-electron chi connectivity index (χ1n) is 10.5. The van der Waals surface area contributed by atoms with Crippen molar-refractivity contribution in [2.45, 2.75) is 57.3 Å². The molecule has 1 N–H and O–H groups in total. The lowest BCUT2D eigenvalue weighted by Gasteiger charge is -2.58. The number of aliphatic hydroxyl groups excluding tert-OH is 1. The fourth-order valence-corrected chi connectivity index (χ4v) is 6.54. The summed E-state index contributed by atoms with van der Waals surface area (Å²) in [6.07, 6.45) is 3.54. The van der Waals surface area contributed by atoms with Gasteiger partial charge >= 0.3 is 11.9 Å². The van der Waals surface area contributed by atoms with Crippen molar-refractivity contribution >= 4 is 17.7 Å². The van der Waals surface area contributed by atoms with Gasteiger partial charge in [0.25, 0.3) is 0 Å². The minimum atomic E-state index is -1.37. The van der Waals surface area contributed by atoms with Crippen molar-refractivity contribution in [2.24, 2.45) is 22.7 Å². The second-order valence-electron chi connectivity index (χ2n) is 9.27. The largest absolute Gasteiger partial charge is 0.472 e. The lowest BCUT2D eigenvalue weighted by atomic mass is 9.42. The number of hydrogen-bond donors (Lipinski definition) is 1. The van der Waals surface area contributed by atoms with Gasteiger partial charge in [0.2, 0.25) is 0 Å². The van der Waals surface area contributed by atoms with Crippen molar-refractivity contribution < 1.29 is 38.1 Å². The Morgan fingerprint density at radius 3 is 2.77 bits per heavy atom. The maximum absolute atomic E-state index is 13.6. The van der Waals surface area contributed by atoms with Gasteiger partial charge in [-0.25, -0.2) is 0 Å². The third-order valence-electron chi connectivity index (χ3n) is 8.16. The van der Waals surface area contributed by atoms with Crippen LogP contribution < -0.4 is 0 Å². The normalized spacial score (nSPS) is 44.8. The molecule has 2 aliphatic heterocycles. The Kier molecular flexibility index (Phi) is 4.22. The maximum Gasteiger partial charge on any atom is 0.313 e. The molecule has 8 heteroatoms. The van der Waals surface area contributed by atoms with E-state index >= 15 is 0 Å². The molecule has 1 aromatic heterocycles. The molecule has 4 fully saturated rings. The van der Waals surface area contributed by atoms with Crippen LogP contribution in [0.5, 0.6) is 0 Å². The van der Waals surface area contributed by atoms with E-state index in [-0.39, 0.29) is 12.4 Å². The number of ketones is 1. The SMILES string of the molecule is CC(=O)OCC12C(=O)[C@@H](O)C(C)[C@]3(C[C@@H](c4ccoc4)OC3=O)[C@H]1CCC[C@]21CO1. The molecule has 0 bridgehead atoms. The second-order valence-corrected chi connectivity index (χ2v) is 9.27. The zero-order chi connectivity index (χ0) is 21.3. The number of furan rings is 1. The molecule has 0 radical (unpaired) electrons. The Balaban J connectivity index is 1.64. The summed E-state index contributed by atoms with van der Waals surface area (Å²) in [5, 5.41) is 11.1. The van der Waals surface area contributed by atoms with E-state index in [0.717, 1.165) is 12.0 Å². The molecule has 3 heterocycles. The number of carbonyl (C=O) groups excluding carboxylic acids is 3. The van der Waals surface area contributed by atoms with Crippen LogP contribution in [0.2, 0.25) is 0 Å². The number of epoxide rings is 1. The Morgan fingerprint density at radius 1 is 1.37 bits per heavy atom. The predicted molar refractivity (Wildman–Crippen MR) is 99.9 cm³/mol. The highest BCUT2D eigenvalue weighted by atomic mass is 16.6. The van der Waals surface area contributed by atoms with Gasteiger partial charge in [-0.05, 0) is 24.8 Å². The number of Topliss-reactive ketones (excluding diaryl/α,β-unsaturated/α-hetero) is 1. The molecule has 2 saturated heterocycles. The van der Waals surface area contributed by atoms with Crippen LogP contribution in [-0.2, 0) is 28.6 Å². The summed E-state index contributed by atoms with van der Waals surface area (Å²) >= 11 is 0. The number of ether oxygens (including phenoxy) is 3. The molecule has 30 heavy (non-hydrogen) atoms. The van der Waals surface area contributed by atoms with Gasteiger partial charge in [-0.2, -0.15) is 0 Å². The number of cyclic esters (lactones) is 1. The quantitative estimate of drug-likeness (QED) is 0.585. The smallest absolute Gasteiger partial charge is 0.313 e.